The third-order valence-electron chi connectivity index (χ3n) is 2.57. The lowest BCUT2D eigenvalue weighted by atomic mass is 10.1. The van der Waals surface area contributed by atoms with Gasteiger partial charge in [-0.15, -0.1) is 11.3 Å². The molecule has 17 heavy (non-hydrogen) atoms. The molecule has 0 radical (unpaired) electrons. The van der Waals surface area contributed by atoms with Crippen LogP contribution in [0, 0.1) is 13.8 Å². The van der Waals surface area contributed by atoms with Crippen LogP contribution in [0.4, 0.5) is 5.69 Å². The van der Waals surface area contributed by atoms with Crippen LogP contribution in [0.1, 0.15) is 16.0 Å². The smallest absolute Gasteiger partial charge is 0.0931 e. The summed E-state index contributed by atoms with van der Waals surface area (Å²) in [5.41, 5.74) is 3.71. The summed E-state index contributed by atoms with van der Waals surface area (Å²) < 4.78 is 1.96. The quantitative estimate of drug-likeness (QED) is 0.795. The largest absolute Gasteiger partial charge is 0.380 e. The van der Waals surface area contributed by atoms with Crippen LogP contribution in [0.5, 0.6) is 0 Å². The van der Waals surface area contributed by atoms with Crippen molar-refractivity contribution < 1.29 is 0 Å². The Balaban J connectivity index is 2.14. The second kappa shape index (κ2) is 5.42. The van der Waals surface area contributed by atoms with Crippen LogP contribution in [-0.4, -0.2) is 0 Å². The average Bonchev–Trinajstić information content (AvgIpc) is 2.62. The summed E-state index contributed by atoms with van der Waals surface area (Å²) in [7, 11) is 0. The number of benzene rings is 1. The number of nitrogens with one attached hydrogen (secondary N) is 1. The Bertz CT molecular complexity index is 513. The van der Waals surface area contributed by atoms with Crippen LogP contribution >= 0.6 is 38.9 Å². The Morgan fingerprint density at radius 2 is 1.88 bits per heavy atom. The fourth-order valence-corrected chi connectivity index (χ4v) is 3.53. The molecule has 1 aromatic heterocycles. The molecule has 4 heteroatoms. The van der Waals surface area contributed by atoms with Gasteiger partial charge in [0.1, 0.15) is 0 Å². The lowest BCUT2D eigenvalue weighted by Crippen LogP contribution is -2.01. The third kappa shape index (κ3) is 3.24. The molecule has 1 nitrogen and oxygen atoms in total. The minimum Gasteiger partial charge on any atom is -0.380 e. The first-order chi connectivity index (χ1) is 8.06. The van der Waals surface area contributed by atoms with E-state index in [1.165, 1.54) is 21.7 Å². The molecule has 2 aromatic rings. The van der Waals surface area contributed by atoms with Gasteiger partial charge >= 0.3 is 0 Å². The summed E-state index contributed by atoms with van der Waals surface area (Å²) in [6.45, 7) is 5.05. The molecule has 0 atom stereocenters. The van der Waals surface area contributed by atoms with Crippen molar-refractivity contribution in [3.63, 3.8) is 0 Å². The van der Waals surface area contributed by atoms with Gasteiger partial charge in [-0.05, 0) is 49.2 Å². The van der Waals surface area contributed by atoms with Gasteiger partial charge in [0.25, 0.3) is 0 Å². The molecule has 0 bridgehead atoms. The SMILES string of the molecule is Cc1cc(Br)cc(C)c1NCc1ccc(Cl)s1. The molecule has 0 unspecified atom stereocenters. The Morgan fingerprint density at radius 1 is 1.24 bits per heavy atom. The highest BCUT2D eigenvalue weighted by Gasteiger charge is 2.04. The number of aryl methyl sites for hydroxylation is 2. The summed E-state index contributed by atoms with van der Waals surface area (Å²) in [5.74, 6) is 0. The molecule has 1 aromatic carbocycles. The fraction of sp³-hybridized carbons (Fsp3) is 0.231. The van der Waals surface area contributed by atoms with Crippen LogP contribution in [0.15, 0.2) is 28.7 Å². The van der Waals surface area contributed by atoms with Crippen LogP contribution in [-0.2, 0) is 6.54 Å². The van der Waals surface area contributed by atoms with Gasteiger partial charge in [-0.3, -0.25) is 0 Å². The zero-order valence-corrected chi connectivity index (χ0v) is 12.8. The number of halogens is 2. The minimum atomic E-state index is 0.820. The average molecular weight is 331 g/mol. The van der Waals surface area contributed by atoms with Crippen LogP contribution in [0.25, 0.3) is 0 Å². The number of anilines is 1. The van der Waals surface area contributed by atoms with Gasteiger partial charge in [-0.25, -0.2) is 0 Å². The van der Waals surface area contributed by atoms with Crippen molar-refractivity contribution in [2.24, 2.45) is 0 Å². The molecule has 0 aliphatic heterocycles. The maximum Gasteiger partial charge on any atom is 0.0931 e. The molecule has 2 rings (SSSR count). The Labute approximate surface area is 119 Å². The van der Waals surface area contributed by atoms with Crippen molar-refractivity contribution in [2.45, 2.75) is 20.4 Å². The number of hydrogen-bond donors (Lipinski definition) is 1. The predicted octanol–water partition coefficient (Wildman–Crippen LogP) is 5.39. The first kappa shape index (κ1) is 12.9. The van der Waals surface area contributed by atoms with Crippen molar-refractivity contribution in [2.75, 3.05) is 5.32 Å². The zero-order chi connectivity index (χ0) is 12.4. The van der Waals surface area contributed by atoms with Gasteiger partial charge in [0, 0.05) is 21.6 Å². The summed E-state index contributed by atoms with van der Waals surface area (Å²) in [6.07, 6.45) is 0. The van der Waals surface area contributed by atoms with E-state index in [2.05, 4.69) is 53.3 Å². The fourth-order valence-electron chi connectivity index (χ4n) is 1.81. The van der Waals surface area contributed by atoms with Gasteiger partial charge in [-0.1, -0.05) is 27.5 Å². The maximum atomic E-state index is 5.91. The minimum absolute atomic E-state index is 0.820. The highest BCUT2D eigenvalue weighted by atomic mass is 79.9. The van der Waals surface area contributed by atoms with Crippen molar-refractivity contribution >= 4 is 44.6 Å². The highest BCUT2D eigenvalue weighted by Crippen LogP contribution is 2.27. The van der Waals surface area contributed by atoms with E-state index < -0.39 is 0 Å². The molecule has 1 N–H and O–H groups in total. The zero-order valence-electron chi connectivity index (χ0n) is 9.68. The first-order valence-electron chi connectivity index (χ1n) is 5.31. The predicted molar refractivity (Wildman–Crippen MR) is 80.3 cm³/mol. The van der Waals surface area contributed by atoms with Crippen molar-refractivity contribution in [1.29, 1.82) is 0 Å². The van der Waals surface area contributed by atoms with E-state index in [0.29, 0.717) is 0 Å². The molecule has 0 spiro atoms. The molecular weight excluding hydrogens is 318 g/mol. The Hall–Kier alpha value is -0.510. The van der Waals surface area contributed by atoms with Crippen molar-refractivity contribution in [1.82, 2.24) is 0 Å². The lowest BCUT2D eigenvalue weighted by Gasteiger charge is -2.12. The van der Waals surface area contributed by atoms with Gasteiger partial charge in [0.2, 0.25) is 0 Å². The van der Waals surface area contributed by atoms with E-state index in [1.807, 2.05) is 6.07 Å². The summed E-state index contributed by atoms with van der Waals surface area (Å²) in [4.78, 5) is 1.25. The van der Waals surface area contributed by atoms with Gasteiger partial charge in [0.05, 0.1) is 4.34 Å². The molecule has 1 heterocycles. The normalized spacial score (nSPS) is 10.6. The molecule has 0 saturated carbocycles. The first-order valence-corrected chi connectivity index (χ1v) is 7.30. The van der Waals surface area contributed by atoms with Gasteiger partial charge in [0.15, 0.2) is 0 Å². The Kier molecular flexibility index (Phi) is 4.13. The van der Waals surface area contributed by atoms with Crippen molar-refractivity contribution in [3.8, 4) is 0 Å². The second-order valence-corrected chi connectivity index (χ2v) is 6.69. The standard InChI is InChI=1S/C13H13BrClNS/c1-8-5-10(14)6-9(2)13(8)16-7-11-3-4-12(15)17-11/h3-6,16H,7H2,1-2H3. The molecule has 0 amide bonds. The summed E-state index contributed by atoms with van der Waals surface area (Å²) in [6, 6.07) is 8.24. The highest BCUT2D eigenvalue weighted by molar-refractivity contribution is 9.10. The molecule has 0 saturated heterocycles. The van der Waals surface area contributed by atoms with Gasteiger partial charge in [-0.2, -0.15) is 0 Å². The molecule has 0 aliphatic rings. The van der Waals surface area contributed by atoms with E-state index >= 15 is 0 Å². The topological polar surface area (TPSA) is 12.0 Å². The lowest BCUT2D eigenvalue weighted by molar-refractivity contribution is 1.16. The molecule has 0 fully saturated rings. The second-order valence-electron chi connectivity index (χ2n) is 3.97. The number of rotatable bonds is 3. The Morgan fingerprint density at radius 3 is 2.41 bits per heavy atom. The summed E-state index contributed by atoms with van der Waals surface area (Å²) >= 11 is 11.0. The molecular formula is C13H13BrClNS. The molecule has 90 valence electrons. The van der Waals surface area contributed by atoms with E-state index in [4.69, 9.17) is 11.6 Å². The van der Waals surface area contributed by atoms with E-state index in [-0.39, 0.29) is 0 Å². The van der Waals surface area contributed by atoms with E-state index in [9.17, 15) is 0 Å². The maximum absolute atomic E-state index is 5.91. The van der Waals surface area contributed by atoms with Crippen LogP contribution < -0.4 is 5.32 Å². The number of thiophene rings is 1. The monoisotopic (exact) mass is 329 g/mol. The molecule has 0 aliphatic carbocycles. The summed E-state index contributed by atoms with van der Waals surface area (Å²) in [5, 5.41) is 3.47. The van der Waals surface area contributed by atoms with E-state index in [1.54, 1.807) is 11.3 Å². The van der Waals surface area contributed by atoms with Crippen molar-refractivity contribution in [3.05, 3.63) is 49.1 Å². The van der Waals surface area contributed by atoms with Crippen LogP contribution in [0.2, 0.25) is 4.34 Å². The van der Waals surface area contributed by atoms with E-state index in [0.717, 1.165) is 15.4 Å². The third-order valence-corrected chi connectivity index (χ3v) is 4.25. The number of hydrogen-bond acceptors (Lipinski definition) is 2. The van der Waals surface area contributed by atoms with Gasteiger partial charge < -0.3 is 5.32 Å². The van der Waals surface area contributed by atoms with Crippen LogP contribution in [0.3, 0.4) is 0 Å².